The number of aromatic hydroxyl groups is 1. The molecule has 2 aromatic heterocycles. The Hall–Kier alpha value is -3.84. The average molecular weight is 501 g/mol. The molecule has 0 aliphatic carbocycles. The van der Waals surface area contributed by atoms with E-state index in [9.17, 15) is 14.7 Å². The number of para-hydroxylation sites is 1. The average Bonchev–Trinajstić information content (AvgIpc) is 3.27. The van der Waals surface area contributed by atoms with Crippen molar-refractivity contribution >= 4 is 16.8 Å². The van der Waals surface area contributed by atoms with Crippen LogP contribution in [0.5, 0.6) is 5.75 Å². The van der Waals surface area contributed by atoms with Gasteiger partial charge in [0.1, 0.15) is 12.4 Å². The van der Waals surface area contributed by atoms with Crippen LogP contribution in [-0.2, 0) is 29.1 Å². The Kier molecular flexibility index (Phi) is 6.89. The Balaban J connectivity index is 1.48. The molecule has 0 fully saturated rings. The molecule has 0 spiro atoms. The Labute approximate surface area is 215 Å². The number of nitrogens with zero attached hydrogens (tertiary/aromatic N) is 1. The molecule has 0 saturated carbocycles. The lowest BCUT2D eigenvalue weighted by atomic mass is 9.89. The van der Waals surface area contributed by atoms with Gasteiger partial charge in [0.25, 0.3) is 0 Å². The maximum absolute atomic E-state index is 13.6. The molecule has 1 unspecified atom stereocenters. The van der Waals surface area contributed by atoms with Gasteiger partial charge in [-0.05, 0) is 35.1 Å². The van der Waals surface area contributed by atoms with Crippen molar-refractivity contribution in [1.82, 2.24) is 9.88 Å². The lowest BCUT2D eigenvalue weighted by Gasteiger charge is -2.29. The molecule has 0 bridgehead atoms. The van der Waals surface area contributed by atoms with Crippen molar-refractivity contribution in [3.63, 3.8) is 0 Å². The minimum atomic E-state index is -0.623. The van der Waals surface area contributed by atoms with Crippen LogP contribution in [0.4, 0.5) is 0 Å². The van der Waals surface area contributed by atoms with E-state index in [0.717, 1.165) is 28.8 Å². The number of rotatable bonds is 7. The van der Waals surface area contributed by atoms with Crippen molar-refractivity contribution in [2.75, 3.05) is 13.7 Å². The minimum absolute atomic E-state index is 0.0591. The molecule has 37 heavy (non-hydrogen) atoms. The lowest BCUT2D eigenvalue weighted by Crippen LogP contribution is -2.36. The number of aromatic nitrogens is 1. The molecule has 7 nitrogen and oxygen atoms in total. The predicted octanol–water partition coefficient (Wildman–Crippen LogP) is 5.20. The number of carbonyl (C=O) groups excluding carboxylic acids is 1. The third-order valence-electron chi connectivity index (χ3n) is 7.22. The van der Waals surface area contributed by atoms with Gasteiger partial charge < -0.3 is 24.1 Å². The quantitative estimate of drug-likeness (QED) is 0.364. The first-order valence-electron chi connectivity index (χ1n) is 12.7. The fourth-order valence-corrected chi connectivity index (χ4v) is 5.19. The molecule has 7 heteroatoms. The molecule has 1 atom stereocenters. The highest BCUT2D eigenvalue weighted by atomic mass is 16.5. The van der Waals surface area contributed by atoms with Crippen molar-refractivity contribution in [2.24, 2.45) is 0 Å². The molecule has 1 aliphatic heterocycles. The summed E-state index contributed by atoms with van der Waals surface area (Å²) in [4.78, 5) is 31.5. The van der Waals surface area contributed by atoms with Crippen molar-refractivity contribution < 1.29 is 19.1 Å². The molecule has 1 aliphatic rings. The van der Waals surface area contributed by atoms with E-state index in [1.807, 2.05) is 41.3 Å². The number of nitrogens with one attached hydrogen (secondary N) is 1. The van der Waals surface area contributed by atoms with Gasteiger partial charge in [-0.25, -0.2) is 0 Å². The van der Waals surface area contributed by atoms with Crippen molar-refractivity contribution in [3.05, 3.63) is 98.7 Å². The first kappa shape index (κ1) is 24.8. The second-order valence-corrected chi connectivity index (χ2v) is 9.99. The topological polar surface area (TPSA) is 95.8 Å². The summed E-state index contributed by atoms with van der Waals surface area (Å²) in [7, 11) is 1.51. The maximum Gasteiger partial charge on any atom is 0.227 e. The number of hydrogen-bond acceptors (Lipinski definition) is 5. The molecular weight excluding hydrogens is 468 g/mol. The number of carbonyl (C=O) groups is 1. The van der Waals surface area contributed by atoms with E-state index in [2.05, 4.69) is 31.0 Å². The van der Waals surface area contributed by atoms with E-state index in [1.54, 1.807) is 0 Å². The Morgan fingerprint density at radius 2 is 1.86 bits per heavy atom. The molecule has 5 rings (SSSR count). The van der Waals surface area contributed by atoms with Crippen molar-refractivity contribution in [1.29, 1.82) is 0 Å². The van der Waals surface area contributed by atoms with Gasteiger partial charge in [0.05, 0.1) is 12.5 Å². The monoisotopic (exact) mass is 500 g/mol. The first-order valence-corrected chi connectivity index (χ1v) is 12.7. The van der Waals surface area contributed by atoms with E-state index in [0.29, 0.717) is 24.8 Å². The maximum atomic E-state index is 13.6. The summed E-state index contributed by atoms with van der Waals surface area (Å²) < 4.78 is 11.1. The smallest absolute Gasteiger partial charge is 0.227 e. The van der Waals surface area contributed by atoms with E-state index in [-0.39, 0.29) is 24.7 Å². The number of ether oxygens (including phenoxy) is 1. The summed E-state index contributed by atoms with van der Waals surface area (Å²) in [5.74, 6) is -0.416. The van der Waals surface area contributed by atoms with Gasteiger partial charge in [-0.2, -0.15) is 0 Å². The predicted molar refractivity (Wildman–Crippen MR) is 142 cm³/mol. The van der Waals surface area contributed by atoms with Crippen LogP contribution >= 0.6 is 0 Å². The molecule has 2 N–H and O–H groups in total. The van der Waals surface area contributed by atoms with Crippen LogP contribution in [0.25, 0.3) is 10.9 Å². The van der Waals surface area contributed by atoms with Crippen molar-refractivity contribution in [2.45, 2.75) is 51.7 Å². The number of hydrogen-bond donors (Lipinski definition) is 2. The van der Waals surface area contributed by atoms with Gasteiger partial charge in [-0.3, -0.25) is 9.59 Å². The Bertz CT molecular complexity index is 1480. The number of benzene rings is 2. The zero-order valence-corrected chi connectivity index (χ0v) is 21.4. The summed E-state index contributed by atoms with van der Waals surface area (Å²) in [6, 6.07) is 17.3. The van der Waals surface area contributed by atoms with Crippen LogP contribution < -0.4 is 5.43 Å². The summed E-state index contributed by atoms with van der Waals surface area (Å²) in [5, 5.41) is 11.9. The zero-order valence-electron chi connectivity index (χ0n) is 21.4. The van der Waals surface area contributed by atoms with E-state index in [1.165, 1.54) is 24.1 Å². The van der Waals surface area contributed by atoms with Crippen LogP contribution in [0.1, 0.15) is 66.0 Å². The zero-order chi connectivity index (χ0) is 26.1. The highest BCUT2D eigenvalue weighted by molar-refractivity contribution is 5.86. The van der Waals surface area contributed by atoms with Crippen LogP contribution in [0, 0.1) is 0 Å². The number of methoxy groups -OCH3 is 1. The Morgan fingerprint density at radius 3 is 2.59 bits per heavy atom. The third kappa shape index (κ3) is 4.91. The molecule has 1 amide bonds. The van der Waals surface area contributed by atoms with E-state index in [4.69, 9.17) is 9.15 Å². The standard InChI is InChI=1S/C30H32N2O5/c1-18(2)19-8-10-20(11-9-19)24(30-29(35)27(33)14-21(37-30)17-36-3)15-28(34)32-13-12-23-22-6-4-5-7-25(22)31-26(23)16-32/h4-11,14,18,24,31,35H,12-13,15-17H2,1-3H3. The fraction of sp³-hybridized carbons (Fsp3) is 0.333. The molecule has 192 valence electrons. The van der Waals surface area contributed by atoms with E-state index >= 15 is 0 Å². The molecular formula is C30H32N2O5. The van der Waals surface area contributed by atoms with Gasteiger partial charge in [-0.15, -0.1) is 0 Å². The van der Waals surface area contributed by atoms with Crippen LogP contribution in [-0.4, -0.2) is 34.6 Å². The minimum Gasteiger partial charge on any atom is -0.502 e. The summed E-state index contributed by atoms with van der Waals surface area (Å²) in [5.41, 5.74) is 4.80. The largest absolute Gasteiger partial charge is 0.502 e. The summed E-state index contributed by atoms with van der Waals surface area (Å²) in [6.45, 7) is 5.41. The number of amides is 1. The van der Waals surface area contributed by atoms with Gasteiger partial charge in [-0.1, -0.05) is 56.3 Å². The van der Waals surface area contributed by atoms with Crippen LogP contribution in [0.3, 0.4) is 0 Å². The van der Waals surface area contributed by atoms with Gasteiger partial charge in [0.2, 0.25) is 17.1 Å². The SMILES string of the molecule is COCc1cc(=O)c(O)c(C(CC(=O)N2CCc3c([nH]c4ccccc34)C2)c2ccc(C(C)C)cc2)o1. The summed E-state index contributed by atoms with van der Waals surface area (Å²) >= 11 is 0. The number of H-pyrrole nitrogens is 1. The molecule has 4 aromatic rings. The van der Waals surface area contributed by atoms with Crippen LogP contribution in [0.2, 0.25) is 0 Å². The molecule has 0 radical (unpaired) electrons. The number of fused-ring (bicyclic) bond motifs is 3. The highest BCUT2D eigenvalue weighted by Gasteiger charge is 2.30. The number of aromatic amines is 1. The van der Waals surface area contributed by atoms with E-state index < -0.39 is 17.1 Å². The highest BCUT2D eigenvalue weighted by Crippen LogP contribution is 2.35. The fourth-order valence-electron chi connectivity index (χ4n) is 5.19. The summed E-state index contributed by atoms with van der Waals surface area (Å²) in [6.07, 6.45) is 0.825. The second-order valence-electron chi connectivity index (χ2n) is 9.99. The normalized spacial score (nSPS) is 14.2. The van der Waals surface area contributed by atoms with Gasteiger partial charge in [0.15, 0.2) is 5.76 Å². The molecule has 0 saturated heterocycles. The molecule has 2 aromatic carbocycles. The van der Waals surface area contributed by atoms with Crippen LogP contribution in [0.15, 0.2) is 63.8 Å². The first-order chi connectivity index (χ1) is 17.9. The third-order valence-corrected chi connectivity index (χ3v) is 7.22. The van der Waals surface area contributed by atoms with Gasteiger partial charge >= 0.3 is 0 Å². The van der Waals surface area contributed by atoms with Gasteiger partial charge in [0, 0.05) is 42.7 Å². The van der Waals surface area contributed by atoms with Crippen molar-refractivity contribution in [3.8, 4) is 5.75 Å². The second kappa shape index (κ2) is 10.3. The molecule has 3 heterocycles. The lowest BCUT2D eigenvalue weighted by molar-refractivity contribution is -0.132. The Morgan fingerprint density at radius 1 is 1.14 bits per heavy atom.